The van der Waals surface area contributed by atoms with Crippen molar-refractivity contribution in [1.82, 2.24) is 4.31 Å². The van der Waals surface area contributed by atoms with E-state index in [1.165, 1.54) is 7.11 Å². The minimum atomic E-state index is -1.30. The second-order valence-corrected chi connectivity index (χ2v) is 8.64. The molecule has 1 aliphatic heterocycles. The Balaban J connectivity index is 2.36. The molecule has 6 heteroatoms. The topological polar surface area (TPSA) is 46.4 Å². The molecular weight excluding hydrogens is 274 g/mol. The summed E-state index contributed by atoms with van der Waals surface area (Å²) < 4.78 is 18.6. The van der Waals surface area contributed by atoms with Crippen LogP contribution in [0.25, 0.3) is 0 Å². The standard InChI is InChI=1S/C12H20ClNO3S/c1-10(2,3)18(16)14-11(7-5-6-8-11)12(14,13)9(15)17-4/h5-8H2,1-4H3/t12-,14?,18?/m0/s1. The fourth-order valence-electron chi connectivity index (χ4n) is 2.84. The monoisotopic (exact) mass is 293 g/mol. The Morgan fingerprint density at radius 1 is 1.33 bits per heavy atom. The summed E-state index contributed by atoms with van der Waals surface area (Å²) in [5, 5.41) is 0. The Hall–Kier alpha value is -0.130. The zero-order valence-electron chi connectivity index (χ0n) is 11.3. The summed E-state index contributed by atoms with van der Waals surface area (Å²) in [5.41, 5.74) is -0.459. The van der Waals surface area contributed by atoms with E-state index in [1.54, 1.807) is 4.31 Å². The van der Waals surface area contributed by atoms with Gasteiger partial charge < -0.3 is 4.74 Å². The van der Waals surface area contributed by atoms with Crippen molar-refractivity contribution < 1.29 is 13.7 Å². The normalized spacial score (nSPS) is 35.5. The summed E-state index contributed by atoms with van der Waals surface area (Å²) in [4.78, 5) is 10.7. The Labute approximate surface area is 116 Å². The summed E-state index contributed by atoms with van der Waals surface area (Å²) in [6.45, 7) is 5.66. The van der Waals surface area contributed by atoms with Crippen LogP contribution in [0.4, 0.5) is 0 Å². The first-order valence-corrected chi connectivity index (χ1v) is 7.70. The smallest absolute Gasteiger partial charge is 0.344 e. The van der Waals surface area contributed by atoms with Crippen molar-refractivity contribution in [3.8, 4) is 0 Å². The number of methoxy groups -OCH3 is 1. The van der Waals surface area contributed by atoms with E-state index < -0.39 is 32.2 Å². The van der Waals surface area contributed by atoms with Gasteiger partial charge in [0.15, 0.2) is 0 Å². The first-order chi connectivity index (χ1) is 8.22. The third-order valence-electron chi connectivity index (χ3n) is 3.81. The van der Waals surface area contributed by atoms with Crippen molar-refractivity contribution in [3.05, 3.63) is 0 Å². The lowest BCUT2D eigenvalue weighted by atomic mass is 10.0. The molecule has 1 spiro atoms. The van der Waals surface area contributed by atoms with Gasteiger partial charge in [-0.1, -0.05) is 24.4 Å². The Morgan fingerprint density at radius 3 is 2.22 bits per heavy atom. The Morgan fingerprint density at radius 2 is 1.83 bits per heavy atom. The minimum Gasteiger partial charge on any atom is -0.467 e. The average molecular weight is 294 g/mol. The van der Waals surface area contributed by atoms with Gasteiger partial charge in [0.05, 0.1) is 17.4 Å². The summed E-state index contributed by atoms with van der Waals surface area (Å²) in [6.07, 6.45) is 3.66. The van der Waals surface area contributed by atoms with Crippen molar-refractivity contribution in [2.75, 3.05) is 7.11 Å². The van der Waals surface area contributed by atoms with Gasteiger partial charge in [-0.3, -0.25) is 0 Å². The zero-order valence-corrected chi connectivity index (χ0v) is 12.9. The average Bonchev–Trinajstić information content (AvgIpc) is 2.66. The highest BCUT2D eigenvalue weighted by atomic mass is 35.5. The molecule has 1 aliphatic carbocycles. The fraction of sp³-hybridized carbons (Fsp3) is 0.917. The van der Waals surface area contributed by atoms with Crippen LogP contribution in [0.5, 0.6) is 0 Å². The van der Waals surface area contributed by atoms with Gasteiger partial charge in [-0.2, -0.15) is 4.31 Å². The maximum absolute atomic E-state index is 12.6. The van der Waals surface area contributed by atoms with Gasteiger partial charge in [0.25, 0.3) is 0 Å². The quantitative estimate of drug-likeness (QED) is 0.339. The third-order valence-corrected chi connectivity index (χ3v) is 6.59. The zero-order chi connectivity index (χ0) is 13.8. The fourth-order valence-corrected chi connectivity index (χ4v) is 5.16. The highest BCUT2D eigenvalue weighted by Crippen LogP contribution is 2.65. The van der Waals surface area contributed by atoms with E-state index in [2.05, 4.69) is 0 Å². The molecule has 2 rings (SSSR count). The molecule has 0 aromatic rings. The number of hydrogen-bond acceptors (Lipinski definition) is 3. The lowest BCUT2D eigenvalue weighted by molar-refractivity contribution is -0.142. The van der Waals surface area contributed by atoms with E-state index in [-0.39, 0.29) is 0 Å². The molecule has 1 saturated carbocycles. The number of carbonyl (C=O) groups excluding carboxylic acids is 1. The molecule has 104 valence electrons. The predicted molar refractivity (Wildman–Crippen MR) is 71.5 cm³/mol. The maximum atomic E-state index is 12.6. The van der Waals surface area contributed by atoms with E-state index in [0.717, 1.165) is 25.7 Å². The number of ether oxygens (including phenoxy) is 1. The van der Waals surface area contributed by atoms with Crippen molar-refractivity contribution >= 4 is 28.6 Å². The molecule has 0 aromatic carbocycles. The first kappa shape index (κ1) is 14.3. The summed E-state index contributed by atoms with van der Waals surface area (Å²) in [5.74, 6) is -0.483. The van der Waals surface area contributed by atoms with Crippen molar-refractivity contribution in [2.45, 2.75) is 61.7 Å². The molecule has 0 radical (unpaired) electrons. The van der Waals surface area contributed by atoms with Gasteiger partial charge >= 0.3 is 5.97 Å². The van der Waals surface area contributed by atoms with E-state index in [0.29, 0.717) is 0 Å². The third kappa shape index (κ3) is 1.67. The van der Waals surface area contributed by atoms with Gasteiger partial charge in [0.2, 0.25) is 5.00 Å². The molecule has 0 aromatic heterocycles. The molecule has 18 heavy (non-hydrogen) atoms. The van der Waals surface area contributed by atoms with Crippen LogP contribution in [0.3, 0.4) is 0 Å². The first-order valence-electron chi connectivity index (χ1n) is 6.21. The van der Waals surface area contributed by atoms with Crippen LogP contribution in [0.15, 0.2) is 0 Å². The Kier molecular flexibility index (Phi) is 3.32. The van der Waals surface area contributed by atoms with Crippen LogP contribution in [-0.4, -0.2) is 36.9 Å². The second-order valence-electron chi connectivity index (χ2n) is 6.01. The minimum absolute atomic E-state index is 0.430. The van der Waals surface area contributed by atoms with Gasteiger partial charge in [-0.05, 0) is 33.6 Å². The number of nitrogens with zero attached hydrogens (tertiary/aromatic N) is 1. The molecule has 0 amide bonds. The molecular formula is C12H20ClNO3S. The van der Waals surface area contributed by atoms with Crippen molar-refractivity contribution in [1.29, 1.82) is 0 Å². The van der Waals surface area contributed by atoms with E-state index in [4.69, 9.17) is 16.3 Å². The number of halogens is 1. The highest BCUT2D eigenvalue weighted by Gasteiger charge is 2.82. The molecule has 3 atom stereocenters. The lowest BCUT2D eigenvalue weighted by Gasteiger charge is -2.20. The summed E-state index contributed by atoms with van der Waals surface area (Å²) >= 11 is 6.48. The highest BCUT2D eigenvalue weighted by molar-refractivity contribution is 7.84. The van der Waals surface area contributed by atoms with Crippen molar-refractivity contribution in [3.63, 3.8) is 0 Å². The SMILES string of the molecule is COC(=O)[C@]1(Cl)N(S(=O)C(C)(C)C)C12CCCC2. The van der Waals surface area contributed by atoms with Crippen LogP contribution in [0.2, 0.25) is 0 Å². The predicted octanol–water partition coefficient (Wildman–Crippen LogP) is 2.19. The van der Waals surface area contributed by atoms with Crippen LogP contribution in [0.1, 0.15) is 46.5 Å². The van der Waals surface area contributed by atoms with Crippen LogP contribution in [-0.2, 0) is 20.5 Å². The lowest BCUT2D eigenvalue weighted by Crippen LogP contribution is -2.33. The molecule has 2 fully saturated rings. The maximum Gasteiger partial charge on any atom is 0.344 e. The van der Waals surface area contributed by atoms with Gasteiger partial charge in [0, 0.05) is 0 Å². The van der Waals surface area contributed by atoms with Gasteiger partial charge in [-0.25, -0.2) is 9.00 Å². The largest absolute Gasteiger partial charge is 0.467 e. The molecule has 1 heterocycles. The van der Waals surface area contributed by atoms with Crippen LogP contribution >= 0.6 is 11.6 Å². The van der Waals surface area contributed by atoms with E-state index in [1.807, 2.05) is 20.8 Å². The van der Waals surface area contributed by atoms with E-state index >= 15 is 0 Å². The number of hydrogen-bond donors (Lipinski definition) is 0. The summed E-state index contributed by atoms with van der Waals surface area (Å²) in [7, 11) is 0.0269. The molecule has 0 bridgehead atoms. The molecule has 0 N–H and O–H groups in total. The number of rotatable bonds is 2. The molecule has 2 aliphatic rings. The Bertz CT molecular complexity index is 401. The van der Waals surface area contributed by atoms with Crippen LogP contribution in [0, 0.1) is 0 Å². The number of carbonyl (C=O) groups is 1. The second kappa shape index (κ2) is 4.18. The van der Waals surface area contributed by atoms with Gasteiger partial charge in [0.1, 0.15) is 11.0 Å². The summed E-state index contributed by atoms with van der Waals surface area (Å²) in [6, 6.07) is 0. The molecule has 1 saturated heterocycles. The van der Waals surface area contributed by atoms with E-state index in [9.17, 15) is 9.00 Å². The van der Waals surface area contributed by atoms with Crippen LogP contribution < -0.4 is 0 Å². The van der Waals surface area contributed by atoms with Crippen molar-refractivity contribution in [2.24, 2.45) is 0 Å². The molecule has 2 unspecified atom stereocenters. The number of alkyl halides is 1. The molecule has 4 nitrogen and oxygen atoms in total. The number of esters is 1. The van der Waals surface area contributed by atoms with Gasteiger partial charge in [-0.15, -0.1) is 0 Å².